The second kappa shape index (κ2) is 8.25. The molecule has 0 saturated heterocycles. The first-order valence-corrected chi connectivity index (χ1v) is 8.52. The lowest BCUT2D eigenvalue weighted by Crippen LogP contribution is -2.26. The van der Waals surface area contributed by atoms with Gasteiger partial charge in [-0.15, -0.1) is 0 Å². The standard InChI is InChI=1S/C21H21N3O2/c1-15(17-10-12-22-13-11-17)24-21(25)19-8-9-20(23-14-19)26-16(2)18-6-4-3-5-7-18/h3-16H,1-2H3,(H,24,25)/t15-,16-/m0/s1. The van der Waals surface area contributed by atoms with Gasteiger partial charge in [-0.1, -0.05) is 30.3 Å². The molecule has 26 heavy (non-hydrogen) atoms. The monoisotopic (exact) mass is 347 g/mol. The fourth-order valence-electron chi connectivity index (χ4n) is 2.57. The number of pyridine rings is 2. The van der Waals surface area contributed by atoms with Gasteiger partial charge in [0.05, 0.1) is 11.6 Å². The van der Waals surface area contributed by atoms with E-state index in [1.54, 1.807) is 24.5 Å². The first-order valence-electron chi connectivity index (χ1n) is 8.52. The molecule has 0 aliphatic heterocycles. The summed E-state index contributed by atoms with van der Waals surface area (Å²) in [5.41, 5.74) is 2.56. The summed E-state index contributed by atoms with van der Waals surface area (Å²) >= 11 is 0. The Morgan fingerprint density at radius 1 is 0.962 bits per heavy atom. The van der Waals surface area contributed by atoms with E-state index in [2.05, 4.69) is 15.3 Å². The van der Waals surface area contributed by atoms with Gasteiger partial charge >= 0.3 is 0 Å². The van der Waals surface area contributed by atoms with Gasteiger partial charge < -0.3 is 10.1 Å². The highest BCUT2D eigenvalue weighted by atomic mass is 16.5. The van der Waals surface area contributed by atoms with Crippen molar-refractivity contribution in [1.29, 1.82) is 0 Å². The van der Waals surface area contributed by atoms with Crippen molar-refractivity contribution in [2.24, 2.45) is 0 Å². The topological polar surface area (TPSA) is 64.1 Å². The molecule has 0 bridgehead atoms. The normalized spacial score (nSPS) is 12.8. The van der Waals surface area contributed by atoms with Crippen molar-refractivity contribution in [3.8, 4) is 5.88 Å². The van der Waals surface area contributed by atoms with Crippen LogP contribution in [0.4, 0.5) is 0 Å². The van der Waals surface area contributed by atoms with E-state index in [9.17, 15) is 4.79 Å². The molecule has 5 heteroatoms. The molecular weight excluding hydrogens is 326 g/mol. The number of nitrogens with zero attached hydrogens (tertiary/aromatic N) is 2. The van der Waals surface area contributed by atoms with E-state index in [0.717, 1.165) is 11.1 Å². The van der Waals surface area contributed by atoms with Crippen molar-refractivity contribution in [2.45, 2.75) is 26.0 Å². The largest absolute Gasteiger partial charge is 0.470 e. The van der Waals surface area contributed by atoms with Crippen LogP contribution in [-0.2, 0) is 0 Å². The third kappa shape index (κ3) is 4.45. The zero-order chi connectivity index (χ0) is 18.4. The van der Waals surface area contributed by atoms with Gasteiger partial charge in [0.1, 0.15) is 6.10 Å². The highest BCUT2D eigenvalue weighted by Gasteiger charge is 2.13. The van der Waals surface area contributed by atoms with E-state index in [-0.39, 0.29) is 18.1 Å². The summed E-state index contributed by atoms with van der Waals surface area (Å²) in [5, 5.41) is 2.95. The van der Waals surface area contributed by atoms with E-state index in [0.29, 0.717) is 11.4 Å². The molecule has 0 aliphatic rings. The second-order valence-electron chi connectivity index (χ2n) is 6.03. The molecule has 3 rings (SSSR count). The average Bonchev–Trinajstić information content (AvgIpc) is 2.69. The number of ether oxygens (including phenoxy) is 1. The Kier molecular flexibility index (Phi) is 5.59. The Morgan fingerprint density at radius 2 is 1.69 bits per heavy atom. The number of hydrogen-bond donors (Lipinski definition) is 1. The maximum atomic E-state index is 12.4. The quantitative estimate of drug-likeness (QED) is 0.729. The number of carbonyl (C=O) groups excluding carboxylic acids is 1. The number of hydrogen-bond acceptors (Lipinski definition) is 4. The molecule has 1 aromatic carbocycles. The molecule has 1 amide bonds. The molecular formula is C21H21N3O2. The molecule has 0 aliphatic carbocycles. The van der Waals surface area contributed by atoms with Crippen LogP contribution in [0.3, 0.4) is 0 Å². The summed E-state index contributed by atoms with van der Waals surface area (Å²) in [5.74, 6) is 0.310. The lowest BCUT2D eigenvalue weighted by Gasteiger charge is -2.15. The summed E-state index contributed by atoms with van der Waals surface area (Å²) in [7, 11) is 0. The van der Waals surface area contributed by atoms with E-state index >= 15 is 0 Å². The van der Waals surface area contributed by atoms with Gasteiger partial charge in [0.2, 0.25) is 5.88 Å². The molecule has 1 N–H and O–H groups in total. The minimum atomic E-state index is -0.176. The number of carbonyl (C=O) groups is 1. The Labute approximate surface area is 153 Å². The predicted molar refractivity (Wildman–Crippen MR) is 99.8 cm³/mol. The molecule has 0 spiro atoms. The summed E-state index contributed by atoms with van der Waals surface area (Å²) in [6.07, 6.45) is 4.83. The van der Waals surface area contributed by atoms with Crippen molar-refractivity contribution in [2.75, 3.05) is 0 Å². The SMILES string of the molecule is C[C@H](NC(=O)c1ccc(O[C@@H](C)c2ccccc2)nc1)c1ccncc1. The Balaban J connectivity index is 1.61. The molecule has 5 nitrogen and oxygen atoms in total. The second-order valence-corrected chi connectivity index (χ2v) is 6.03. The Hall–Kier alpha value is -3.21. The summed E-state index contributed by atoms with van der Waals surface area (Å²) in [4.78, 5) is 20.6. The van der Waals surface area contributed by atoms with Gasteiger partial charge in [0, 0.05) is 24.7 Å². The van der Waals surface area contributed by atoms with Crippen LogP contribution in [0.2, 0.25) is 0 Å². The van der Waals surface area contributed by atoms with E-state index < -0.39 is 0 Å². The number of rotatable bonds is 6. The van der Waals surface area contributed by atoms with Crippen LogP contribution in [0.15, 0.2) is 73.2 Å². The molecule has 2 atom stereocenters. The molecule has 0 fully saturated rings. The van der Waals surface area contributed by atoms with E-state index in [1.165, 1.54) is 6.20 Å². The number of amides is 1. The van der Waals surface area contributed by atoms with Gasteiger partial charge in [0.15, 0.2) is 0 Å². The fourth-order valence-corrected chi connectivity index (χ4v) is 2.57. The van der Waals surface area contributed by atoms with Gasteiger partial charge in [-0.05, 0) is 43.2 Å². The molecule has 0 saturated carbocycles. The maximum Gasteiger partial charge on any atom is 0.253 e. The Bertz CT molecular complexity index is 836. The molecule has 0 unspecified atom stereocenters. The van der Waals surface area contributed by atoms with Crippen LogP contribution in [0.25, 0.3) is 0 Å². The third-order valence-corrected chi connectivity index (χ3v) is 4.12. The van der Waals surface area contributed by atoms with Crippen molar-refractivity contribution in [1.82, 2.24) is 15.3 Å². The maximum absolute atomic E-state index is 12.4. The van der Waals surface area contributed by atoms with Crippen LogP contribution in [0, 0.1) is 0 Å². The van der Waals surface area contributed by atoms with Crippen molar-refractivity contribution < 1.29 is 9.53 Å². The molecule has 3 aromatic rings. The van der Waals surface area contributed by atoms with Crippen LogP contribution < -0.4 is 10.1 Å². The van der Waals surface area contributed by atoms with Gasteiger partial charge in [-0.25, -0.2) is 4.98 Å². The third-order valence-electron chi connectivity index (χ3n) is 4.12. The number of aromatic nitrogens is 2. The summed E-state index contributed by atoms with van der Waals surface area (Å²) in [6.45, 7) is 3.90. The number of benzene rings is 1. The highest BCUT2D eigenvalue weighted by Crippen LogP contribution is 2.20. The molecule has 0 radical (unpaired) electrons. The van der Waals surface area contributed by atoms with Crippen molar-refractivity contribution in [3.05, 3.63) is 89.9 Å². The lowest BCUT2D eigenvalue weighted by atomic mass is 10.1. The molecule has 2 heterocycles. The minimum Gasteiger partial charge on any atom is -0.470 e. The van der Waals surface area contributed by atoms with Gasteiger partial charge in [0.25, 0.3) is 5.91 Å². The minimum absolute atomic E-state index is 0.112. The summed E-state index contributed by atoms with van der Waals surface area (Å²) in [6, 6.07) is 17.0. The predicted octanol–water partition coefficient (Wildman–Crippen LogP) is 4.11. The van der Waals surface area contributed by atoms with Crippen LogP contribution in [0.5, 0.6) is 5.88 Å². The zero-order valence-corrected chi connectivity index (χ0v) is 14.8. The fraction of sp³-hybridized carbons (Fsp3) is 0.190. The van der Waals surface area contributed by atoms with Crippen molar-refractivity contribution >= 4 is 5.91 Å². The van der Waals surface area contributed by atoms with Gasteiger partial charge in [-0.3, -0.25) is 9.78 Å². The first kappa shape index (κ1) is 17.6. The van der Waals surface area contributed by atoms with Crippen LogP contribution in [-0.4, -0.2) is 15.9 Å². The average molecular weight is 347 g/mol. The van der Waals surface area contributed by atoms with E-state index in [1.807, 2.05) is 56.3 Å². The van der Waals surface area contributed by atoms with Crippen molar-refractivity contribution in [3.63, 3.8) is 0 Å². The summed E-state index contributed by atoms with van der Waals surface area (Å²) < 4.78 is 5.84. The smallest absolute Gasteiger partial charge is 0.253 e. The van der Waals surface area contributed by atoms with Gasteiger partial charge in [-0.2, -0.15) is 0 Å². The molecule has 2 aromatic heterocycles. The molecule has 132 valence electrons. The zero-order valence-electron chi connectivity index (χ0n) is 14.8. The first-order chi connectivity index (χ1) is 12.6. The lowest BCUT2D eigenvalue weighted by molar-refractivity contribution is 0.0939. The van der Waals surface area contributed by atoms with Crippen LogP contribution in [0.1, 0.15) is 47.5 Å². The Morgan fingerprint density at radius 3 is 2.35 bits per heavy atom. The van der Waals surface area contributed by atoms with E-state index in [4.69, 9.17) is 4.74 Å². The van der Waals surface area contributed by atoms with Crippen LogP contribution >= 0.6 is 0 Å². The number of nitrogens with one attached hydrogen (secondary N) is 1. The highest BCUT2D eigenvalue weighted by molar-refractivity contribution is 5.94.